The zero-order valence-electron chi connectivity index (χ0n) is 17.2. The molecule has 0 radical (unpaired) electrons. The number of carbonyl (C=O) groups excluding carboxylic acids is 1. The molecule has 1 atom stereocenters. The van der Waals surface area contributed by atoms with Gasteiger partial charge in [0.15, 0.2) is 5.11 Å². The van der Waals surface area contributed by atoms with Gasteiger partial charge in [-0.05, 0) is 42.5 Å². The van der Waals surface area contributed by atoms with Gasteiger partial charge in [0.25, 0.3) is 5.91 Å². The molecular formula is C24H22N4O2S. The number of methoxy groups -OCH3 is 1. The van der Waals surface area contributed by atoms with Gasteiger partial charge in [-0.25, -0.2) is 4.99 Å². The lowest BCUT2D eigenvalue weighted by Gasteiger charge is -2.21. The molecule has 0 aliphatic carbocycles. The molecule has 0 aromatic heterocycles. The second kappa shape index (κ2) is 8.97. The van der Waals surface area contributed by atoms with Crippen LogP contribution in [0.4, 0.5) is 11.4 Å². The van der Waals surface area contributed by atoms with Crippen LogP contribution in [0.25, 0.3) is 0 Å². The topological polar surface area (TPSA) is 66.0 Å². The number of anilines is 2. The molecule has 0 spiro atoms. The third-order valence-corrected chi connectivity index (χ3v) is 5.23. The number of likely N-dealkylation sites (N-methyl/N-ethyl adjacent to an activating group) is 1. The van der Waals surface area contributed by atoms with E-state index >= 15 is 0 Å². The van der Waals surface area contributed by atoms with Crippen LogP contribution in [0.5, 0.6) is 5.75 Å². The predicted molar refractivity (Wildman–Crippen MR) is 128 cm³/mol. The van der Waals surface area contributed by atoms with E-state index in [9.17, 15) is 4.79 Å². The Labute approximate surface area is 186 Å². The van der Waals surface area contributed by atoms with Gasteiger partial charge in [0.2, 0.25) is 6.17 Å². The summed E-state index contributed by atoms with van der Waals surface area (Å²) in [5.41, 5.74) is 4.14. The van der Waals surface area contributed by atoms with Crippen molar-refractivity contribution in [2.75, 3.05) is 24.4 Å². The molecule has 7 heteroatoms. The Morgan fingerprint density at radius 3 is 2.39 bits per heavy atom. The average molecular weight is 431 g/mol. The van der Waals surface area contributed by atoms with Crippen molar-refractivity contribution in [1.82, 2.24) is 5.32 Å². The quantitative estimate of drug-likeness (QED) is 0.616. The molecule has 0 saturated heterocycles. The van der Waals surface area contributed by atoms with Crippen molar-refractivity contribution in [1.29, 1.82) is 0 Å². The van der Waals surface area contributed by atoms with Gasteiger partial charge in [0.1, 0.15) is 5.75 Å². The van der Waals surface area contributed by atoms with E-state index in [0.29, 0.717) is 5.11 Å². The minimum Gasteiger partial charge on any atom is -0.497 e. The fourth-order valence-corrected chi connectivity index (χ4v) is 3.64. The van der Waals surface area contributed by atoms with E-state index in [0.717, 1.165) is 34.0 Å². The molecule has 31 heavy (non-hydrogen) atoms. The molecule has 1 aliphatic heterocycles. The highest BCUT2D eigenvalue weighted by Crippen LogP contribution is 2.27. The second-order valence-electron chi connectivity index (χ2n) is 6.99. The third-order valence-electron chi connectivity index (χ3n) is 5.01. The van der Waals surface area contributed by atoms with E-state index in [1.165, 1.54) is 0 Å². The monoisotopic (exact) mass is 430 g/mol. The van der Waals surface area contributed by atoms with Crippen molar-refractivity contribution in [2.24, 2.45) is 4.99 Å². The molecule has 1 aliphatic rings. The largest absolute Gasteiger partial charge is 0.497 e. The fraction of sp³-hybridized carbons (Fsp3) is 0.125. The number of para-hydroxylation sites is 1. The van der Waals surface area contributed by atoms with Crippen molar-refractivity contribution < 1.29 is 9.53 Å². The molecule has 0 fully saturated rings. The Balaban J connectivity index is 1.65. The first-order valence-electron chi connectivity index (χ1n) is 9.78. The summed E-state index contributed by atoms with van der Waals surface area (Å²) >= 11 is 5.46. The van der Waals surface area contributed by atoms with Crippen molar-refractivity contribution in [3.8, 4) is 5.75 Å². The zero-order valence-corrected chi connectivity index (χ0v) is 18.0. The second-order valence-corrected chi connectivity index (χ2v) is 7.40. The molecule has 2 N–H and O–H groups in total. The smallest absolute Gasteiger partial charge is 0.272 e. The Kier molecular flexibility index (Phi) is 5.95. The van der Waals surface area contributed by atoms with E-state index in [1.807, 2.05) is 78.9 Å². The first-order chi connectivity index (χ1) is 15.1. The maximum Gasteiger partial charge on any atom is 0.272 e. The molecule has 1 amide bonds. The number of hydrogen-bond donors (Lipinski definition) is 2. The molecule has 156 valence electrons. The van der Waals surface area contributed by atoms with Gasteiger partial charge in [0.05, 0.1) is 18.5 Å². The van der Waals surface area contributed by atoms with E-state index < -0.39 is 6.17 Å². The van der Waals surface area contributed by atoms with E-state index in [-0.39, 0.29) is 5.91 Å². The zero-order chi connectivity index (χ0) is 21.8. The average Bonchev–Trinajstić information content (AvgIpc) is 2.91. The molecular weight excluding hydrogens is 408 g/mol. The highest BCUT2D eigenvalue weighted by atomic mass is 32.1. The molecule has 1 heterocycles. The number of thiocarbonyl (C=S) groups is 1. The standard InChI is InChI=1S/C24H22N4O2S/c1-28-20-11-7-6-10-19(20)21(16-8-4-3-5-9-16)26-22(23(28)29)27-24(31)25-17-12-14-18(30-2)15-13-17/h3-15,22H,1-2H3,(H2,25,27,31). The summed E-state index contributed by atoms with van der Waals surface area (Å²) in [6, 6.07) is 24.9. The van der Waals surface area contributed by atoms with Crippen LogP contribution in [-0.4, -0.2) is 37.1 Å². The van der Waals surface area contributed by atoms with Gasteiger partial charge < -0.3 is 20.3 Å². The van der Waals surface area contributed by atoms with Crippen LogP contribution in [0.3, 0.4) is 0 Å². The minimum absolute atomic E-state index is 0.197. The molecule has 4 rings (SSSR count). The Morgan fingerprint density at radius 2 is 1.68 bits per heavy atom. The van der Waals surface area contributed by atoms with Crippen LogP contribution in [0.2, 0.25) is 0 Å². The van der Waals surface area contributed by atoms with Crippen molar-refractivity contribution in [2.45, 2.75) is 6.17 Å². The lowest BCUT2D eigenvalue weighted by Crippen LogP contribution is -2.47. The van der Waals surface area contributed by atoms with E-state index in [2.05, 4.69) is 10.6 Å². The van der Waals surface area contributed by atoms with Crippen LogP contribution < -0.4 is 20.3 Å². The van der Waals surface area contributed by atoms with Gasteiger partial charge in [0, 0.05) is 23.9 Å². The van der Waals surface area contributed by atoms with Crippen molar-refractivity contribution in [3.05, 3.63) is 90.0 Å². The molecule has 3 aromatic carbocycles. The number of benzene rings is 3. The van der Waals surface area contributed by atoms with Crippen LogP contribution >= 0.6 is 12.2 Å². The van der Waals surface area contributed by atoms with Crippen molar-refractivity contribution in [3.63, 3.8) is 0 Å². The summed E-state index contributed by atoms with van der Waals surface area (Å²) < 4.78 is 5.18. The summed E-state index contributed by atoms with van der Waals surface area (Å²) in [7, 11) is 3.36. The SMILES string of the molecule is COc1ccc(NC(=S)NC2N=C(c3ccccc3)c3ccccc3N(C)C2=O)cc1. The lowest BCUT2D eigenvalue weighted by atomic mass is 10.0. The number of hydrogen-bond acceptors (Lipinski definition) is 4. The van der Waals surface area contributed by atoms with Gasteiger partial charge in [-0.15, -0.1) is 0 Å². The number of benzodiazepines with no additional fused rings is 1. The summed E-state index contributed by atoms with van der Waals surface area (Å²) in [5, 5.41) is 6.46. The number of nitrogens with one attached hydrogen (secondary N) is 2. The molecule has 1 unspecified atom stereocenters. The van der Waals surface area contributed by atoms with Crippen molar-refractivity contribution >= 4 is 40.3 Å². The maximum atomic E-state index is 13.2. The molecule has 6 nitrogen and oxygen atoms in total. The van der Waals surface area contributed by atoms with Crippen LogP contribution in [0, 0.1) is 0 Å². The number of carbonyl (C=O) groups is 1. The highest BCUT2D eigenvalue weighted by Gasteiger charge is 2.30. The lowest BCUT2D eigenvalue weighted by molar-refractivity contribution is -0.119. The number of aliphatic imine (C=N–C) groups is 1. The number of amides is 1. The number of fused-ring (bicyclic) bond motifs is 1. The van der Waals surface area contributed by atoms with Gasteiger partial charge in [-0.1, -0.05) is 48.5 Å². The third kappa shape index (κ3) is 4.41. The first-order valence-corrected chi connectivity index (χ1v) is 10.2. The Morgan fingerprint density at radius 1 is 1.00 bits per heavy atom. The van der Waals surface area contributed by atoms with Gasteiger partial charge >= 0.3 is 0 Å². The number of ether oxygens (including phenoxy) is 1. The molecule has 0 bridgehead atoms. The summed E-state index contributed by atoms with van der Waals surface area (Å²) in [6.07, 6.45) is -0.870. The van der Waals surface area contributed by atoms with E-state index in [1.54, 1.807) is 19.1 Å². The Bertz CT molecular complexity index is 1130. The Hall–Kier alpha value is -3.71. The van der Waals surface area contributed by atoms with Crippen LogP contribution in [0.1, 0.15) is 11.1 Å². The van der Waals surface area contributed by atoms with Gasteiger partial charge in [-0.2, -0.15) is 0 Å². The summed E-state index contributed by atoms with van der Waals surface area (Å²) in [5.74, 6) is 0.553. The predicted octanol–water partition coefficient (Wildman–Crippen LogP) is 3.82. The van der Waals surface area contributed by atoms with Crippen LogP contribution in [-0.2, 0) is 4.79 Å². The maximum absolute atomic E-state index is 13.2. The van der Waals surface area contributed by atoms with Gasteiger partial charge in [-0.3, -0.25) is 4.79 Å². The van der Waals surface area contributed by atoms with E-state index in [4.69, 9.17) is 21.9 Å². The fourth-order valence-electron chi connectivity index (χ4n) is 3.41. The van der Waals surface area contributed by atoms with Crippen LogP contribution in [0.15, 0.2) is 83.9 Å². The highest BCUT2D eigenvalue weighted by molar-refractivity contribution is 7.80. The minimum atomic E-state index is -0.870. The molecule has 3 aromatic rings. The first kappa shape index (κ1) is 20.6. The number of nitrogens with zero attached hydrogens (tertiary/aromatic N) is 2. The summed E-state index contributed by atoms with van der Waals surface area (Å²) in [4.78, 5) is 19.6. The number of rotatable bonds is 4. The normalized spacial score (nSPS) is 15.4. The summed E-state index contributed by atoms with van der Waals surface area (Å²) in [6.45, 7) is 0. The molecule has 0 saturated carbocycles.